The average Bonchev–Trinajstić information content (AvgIpc) is 3.39. The van der Waals surface area contributed by atoms with E-state index in [1.54, 1.807) is 37.6 Å². The number of carbonyl (C=O) groups excluding carboxylic acids is 3. The van der Waals surface area contributed by atoms with Gasteiger partial charge in [0.25, 0.3) is 9.70 Å². The summed E-state index contributed by atoms with van der Waals surface area (Å²) in [6, 6.07) is 5.80. The first-order valence-electron chi connectivity index (χ1n) is 11.3. The van der Waals surface area contributed by atoms with Gasteiger partial charge in [0, 0.05) is 19.5 Å². The lowest BCUT2D eigenvalue weighted by molar-refractivity contribution is -0.144. The van der Waals surface area contributed by atoms with Crippen LogP contribution in [0.15, 0.2) is 29.8 Å². The highest BCUT2D eigenvalue weighted by Gasteiger charge is 2.46. The Bertz CT molecular complexity index is 1110. The summed E-state index contributed by atoms with van der Waals surface area (Å²) < 4.78 is -2.25. The molecule has 3 N–H and O–H groups in total. The number of benzene rings is 1. The monoisotopic (exact) mass is 574 g/mol. The lowest BCUT2D eigenvalue weighted by atomic mass is 9.85. The van der Waals surface area contributed by atoms with Crippen LogP contribution < -0.4 is 10.6 Å². The molecule has 0 radical (unpaired) electrons. The molecule has 1 aromatic heterocycles. The Balaban J connectivity index is 1.69. The van der Waals surface area contributed by atoms with Gasteiger partial charge in [0.1, 0.15) is 12.1 Å². The van der Waals surface area contributed by atoms with Crippen LogP contribution in [-0.2, 0) is 20.9 Å². The number of amides is 3. The third-order valence-electron chi connectivity index (χ3n) is 5.94. The topological polar surface area (TPSA) is 112 Å². The van der Waals surface area contributed by atoms with Crippen molar-refractivity contribution in [1.82, 2.24) is 20.5 Å². The summed E-state index contributed by atoms with van der Waals surface area (Å²) in [6.07, 6.45) is -0.799. The van der Waals surface area contributed by atoms with E-state index in [0.717, 1.165) is 21.7 Å². The minimum Gasteiger partial charge on any atom is -0.391 e. The number of hydrogen-bond acceptors (Lipinski definition) is 6. The van der Waals surface area contributed by atoms with Gasteiger partial charge >= 0.3 is 0 Å². The molecular weight excluding hydrogens is 547 g/mol. The second-order valence-corrected chi connectivity index (χ2v) is 13.0. The van der Waals surface area contributed by atoms with E-state index in [2.05, 4.69) is 15.6 Å². The number of rotatable bonds is 6. The molecule has 12 heteroatoms. The number of nitrogens with one attached hydrogen (secondary N) is 2. The molecular formula is C24H29Cl3N4O4S. The van der Waals surface area contributed by atoms with Gasteiger partial charge in [-0.05, 0) is 23.5 Å². The maximum Gasteiger partial charge on any atom is 0.272 e. The smallest absolute Gasteiger partial charge is 0.272 e. The first-order valence-corrected chi connectivity index (χ1v) is 13.3. The highest BCUT2D eigenvalue weighted by molar-refractivity contribution is 7.13. The van der Waals surface area contributed by atoms with E-state index in [1.165, 1.54) is 4.90 Å². The zero-order valence-electron chi connectivity index (χ0n) is 20.3. The molecule has 2 aromatic rings. The van der Waals surface area contributed by atoms with Crippen LogP contribution in [0.1, 0.15) is 38.4 Å². The Labute approximate surface area is 229 Å². The van der Waals surface area contributed by atoms with Crippen LogP contribution in [0.3, 0.4) is 0 Å². The number of likely N-dealkylation sites (tertiary alicyclic amines) is 1. The molecule has 0 spiro atoms. The van der Waals surface area contributed by atoms with Gasteiger partial charge in [-0.15, -0.1) is 11.3 Å². The van der Waals surface area contributed by atoms with Gasteiger partial charge in [0.2, 0.25) is 11.8 Å². The quantitative estimate of drug-likeness (QED) is 0.456. The van der Waals surface area contributed by atoms with Crippen LogP contribution in [-0.4, -0.2) is 61.2 Å². The first-order chi connectivity index (χ1) is 16.7. The summed E-state index contributed by atoms with van der Waals surface area (Å²) >= 11 is 18.6. The van der Waals surface area contributed by atoms with Gasteiger partial charge in [0.15, 0.2) is 0 Å². The zero-order chi connectivity index (χ0) is 26.8. The van der Waals surface area contributed by atoms with E-state index in [9.17, 15) is 19.5 Å². The Morgan fingerprint density at radius 1 is 1.19 bits per heavy atom. The minimum atomic E-state index is -2.25. The third-order valence-corrected chi connectivity index (χ3v) is 7.43. The standard InChI is InChI=1S/C24H29Cl3N4O4S/c1-13-18(36-12-29-13)15-7-5-14(6-8-15)10-28-20(33)17-9-16(32)11-31(17)21(34)19(23(2,3)4)30-22(35)24(25,26)27/h5-8,12,16-17,19,32H,9-11H2,1-4H3,(H,28,33)(H,30,35)/t16-,17+,19-/m1/s1. The van der Waals surface area contributed by atoms with Crippen molar-refractivity contribution in [3.63, 3.8) is 0 Å². The molecule has 1 aromatic carbocycles. The summed E-state index contributed by atoms with van der Waals surface area (Å²) in [6.45, 7) is 7.39. The van der Waals surface area contributed by atoms with Gasteiger partial charge in [-0.25, -0.2) is 4.98 Å². The molecule has 1 aliphatic heterocycles. The van der Waals surface area contributed by atoms with Crippen molar-refractivity contribution >= 4 is 63.9 Å². The fraction of sp³-hybridized carbons (Fsp3) is 0.500. The molecule has 2 heterocycles. The molecule has 8 nitrogen and oxygen atoms in total. The summed E-state index contributed by atoms with van der Waals surface area (Å²) in [7, 11) is 0. The van der Waals surface area contributed by atoms with Crippen molar-refractivity contribution in [3.8, 4) is 10.4 Å². The molecule has 196 valence electrons. The third kappa shape index (κ3) is 6.89. The van der Waals surface area contributed by atoms with Crippen molar-refractivity contribution in [3.05, 3.63) is 41.0 Å². The van der Waals surface area contributed by atoms with Crippen LogP contribution in [0.4, 0.5) is 0 Å². The van der Waals surface area contributed by atoms with Gasteiger partial charge in [-0.1, -0.05) is 79.8 Å². The fourth-order valence-electron chi connectivity index (χ4n) is 3.99. The number of alkyl halides is 3. The first kappa shape index (κ1) is 28.7. The molecule has 3 amide bonds. The highest BCUT2D eigenvalue weighted by atomic mass is 35.6. The molecule has 1 fully saturated rings. The van der Waals surface area contributed by atoms with Crippen LogP contribution in [0.5, 0.6) is 0 Å². The molecule has 1 saturated heterocycles. The number of β-amino-alcohol motifs (C(OH)–C–C–N with tert-alkyl or cyclic N) is 1. The molecule has 3 rings (SSSR count). The summed E-state index contributed by atoms with van der Waals surface area (Å²) in [5, 5.41) is 15.6. The number of halogens is 3. The average molecular weight is 576 g/mol. The number of aryl methyl sites for hydroxylation is 1. The van der Waals surface area contributed by atoms with Crippen LogP contribution in [0.25, 0.3) is 10.4 Å². The second kappa shape index (κ2) is 11.2. The number of nitrogens with zero attached hydrogens (tertiary/aromatic N) is 2. The van der Waals surface area contributed by atoms with Crippen molar-refractivity contribution in [2.24, 2.45) is 5.41 Å². The highest BCUT2D eigenvalue weighted by Crippen LogP contribution is 2.30. The lowest BCUT2D eigenvalue weighted by Gasteiger charge is -2.35. The number of thiazole rings is 1. The van der Waals surface area contributed by atoms with E-state index in [1.807, 2.05) is 31.2 Å². The van der Waals surface area contributed by atoms with Crippen LogP contribution in [0, 0.1) is 12.3 Å². The van der Waals surface area contributed by atoms with Gasteiger partial charge in [0.05, 0.1) is 22.2 Å². The van der Waals surface area contributed by atoms with E-state index in [0.29, 0.717) is 0 Å². The normalized spacial score (nSPS) is 19.2. The molecule has 1 aliphatic rings. The Hall–Kier alpha value is -1.91. The van der Waals surface area contributed by atoms with Crippen molar-refractivity contribution in [1.29, 1.82) is 0 Å². The SMILES string of the molecule is Cc1ncsc1-c1ccc(CNC(=O)[C@@H]2C[C@@H](O)CN2C(=O)[C@@H](NC(=O)C(Cl)(Cl)Cl)C(C)(C)C)cc1. The van der Waals surface area contributed by atoms with Crippen molar-refractivity contribution in [2.75, 3.05) is 6.54 Å². The Morgan fingerprint density at radius 3 is 2.36 bits per heavy atom. The lowest BCUT2D eigenvalue weighted by Crippen LogP contribution is -2.59. The van der Waals surface area contributed by atoms with Crippen LogP contribution >= 0.6 is 46.1 Å². The number of hydrogen-bond donors (Lipinski definition) is 3. The Morgan fingerprint density at radius 2 is 1.83 bits per heavy atom. The van der Waals surface area contributed by atoms with Gasteiger partial charge < -0.3 is 20.6 Å². The van der Waals surface area contributed by atoms with Crippen molar-refractivity contribution < 1.29 is 19.5 Å². The summed E-state index contributed by atoms with van der Waals surface area (Å²) in [4.78, 5) is 45.4. The molecule has 0 unspecified atom stereocenters. The largest absolute Gasteiger partial charge is 0.391 e. The van der Waals surface area contributed by atoms with Gasteiger partial charge in [-0.2, -0.15) is 0 Å². The number of aliphatic hydroxyl groups excluding tert-OH is 1. The number of carbonyl (C=O) groups is 3. The molecule has 3 atom stereocenters. The molecule has 0 bridgehead atoms. The number of aromatic nitrogens is 1. The minimum absolute atomic E-state index is 0.0456. The molecule has 36 heavy (non-hydrogen) atoms. The van der Waals surface area contributed by atoms with E-state index in [4.69, 9.17) is 34.8 Å². The van der Waals surface area contributed by atoms with Crippen molar-refractivity contribution in [2.45, 2.75) is 62.6 Å². The fourth-order valence-corrected chi connectivity index (χ4v) is 4.97. The van der Waals surface area contributed by atoms with E-state index >= 15 is 0 Å². The van der Waals surface area contributed by atoms with E-state index in [-0.39, 0.29) is 19.5 Å². The second-order valence-electron chi connectivity index (χ2n) is 9.85. The molecule has 0 aliphatic carbocycles. The summed E-state index contributed by atoms with van der Waals surface area (Å²) in [5.74, 6) is -1.88. The maximum absolute atomic E-state index is 13.5. The predicted octanol–water partition coefficient (Wildman–Crippen LogP) is 3.60. The predicted molar refractivity (Wildman–Crippen MR) is 142 cm³/mol. The van der Waals surface area contributed by atoms with E-state index < -0.39 is 45.1 Å². The zero-order valence-corrected chi connectivity index (χ0v) is 23.4. The van der Waals surface area contributed by atoms with Crippen LogP contribution in [0.2, 0.25) is 0 Å². The molecule has 0 saturated carbocycles. The van der Waals surface area contributed by atoms with Gasteiger partial charge in [-0.3, -0.25) is 14.4 Å². The summed E-state index contributed by atoms with van der Waals surface area (Å²) in [5.41, 5.74) is 3.94. The maximum atomic E-state index is 13.5. The Kier molecular flexibility index (Phi) is 8.94. The number of aliphatic hydroxyl groups is 1.